The SMILES string of the molecule is CC1CCc2ccccc2N1c1cccc(C(=O)O)n1. The molecule has 3 rings (SSSR count). The minimum Gasteiger partial charge on any atom is -0.477 e. The Bertz CT molecular complexity index is 654. The molecule has 20 heavy (non-hydrogen) atoms. The topological polar surface area (TPSA) is 53.4 Å². The first kappa shape index (κ1) is 12.7. The number of carboxylic acid groups (broad SMARTS) is 1. The third kappa shape index (κ3) is 2.13. The summed E-state index contributed by atoms with van der Waals surface area (Å²) >= 11 is 0. The van der Waals surface area contributed by atoms with E-state index in [1.807, 2.05) is 18.2 Å². The van der Waals surface area contributed by atoms with E-state index < -0.39 is 5.97 Å². The molecule has 0 fully saturated rings. The molecule has 1 aromatic heterocycles. The predicted molar refractivity (Wildman–Crippen MR) is 77.6 cm³/mol. The Hall–Kier alpha value is -2.36. The van der Waals surface area contributed by atoms with E-state index in [2.05, 4.69) is 28.9 Å². The summed E-state index contributed by atoms with van der Waals surface area (Å²) in [6.45, 7) is 2.14. The molecule has 0 amide bonds. The van der Waals surface area contributed by atoms with Crippen molar-refractivity contribution in [2.75, 3.05) is 4.90 Å². The van der Waals surface area contributed by atoms with Crippen molar-refractivity contribution in [3.8, 4) is 0 Å². The molecule has 0 saturated carbocycles. The van der Waals surface area contributed by atoms with E-state index in [9.17, 15) is 4.79 Å². The molecule has 0 aliphatic carbocycles. The van der Waals surface area contributed by atoms with Gasteiger partial charge in [-0.05, 0) is 43.5 Å². The maximum atomic E-state index is 11.1. The normalized spacial score (nSPS) is 17.6. The van der Waals surface area contributed by atoms with E-state index in [-0.39, 0.29) is 5.69 Å². The molecule has 102 valence electrons. The number of nitrogens with zero attached hydrogens (tertiary/aromatic N) is 2. The number of carbonyl (C=O) groups is 1. The smallest absolute Gasteiger partial charge is 0.354 e. The summed E-state index contributed by atoms with van der Waals surface area (Å²) in [4.78, 5) is 17.5. The van der Waals surface area contributed by atoms with E-state index in [4.69, 9.17) is 5.11 Å². The fourth-order valence-corrected chi connectivity index (χ4v) is 2.71. The number of rotatable bonds is 2. The van der Waals surface area contributed by atoms with Gasteiger partial charge in [0.05, 0.1) is 0 Å². The largest absolute Gasteiger partial charge is 0.477 e. The van der Waals surface area contributed by atoms with Crippen LogP contribution in [0, 0.1) is 0 Å². The molecule has 1 N–H and O–H groups in total. The van der Waals surface area contributed by atoms with Gasteiger partial charge in [0.2, 0.25) is 0 Å². The van der Waals surface area contributed by atoms with Gasteiger partial charge in [-0.25, -0.2) is 9.78 Å². The van der Waals surface area contributed by atoms with Gasteiger partial charge in [-0.1, -0.05) is 24.3 Å². The molecule has 1 atom stereocenters. The van der Waals surface area contributed by atoms with Crippen LogP contribution in [0.4, 0.5) is 11.5 Å². The lowest BCUT2D eigenvalue weighted by atomic mass is 9.96. The summed E-state index contributed by atoms with van der Waals surface area (Å²) in [5.41, 5.74) is 2.49. The van der Waals surface area contributed by atoms with Gasteiger partial charge >= 0.3 is 5.97 Å². The minimum atomic E-state index is -0.996. The highest BCUT2D eigenvalue weighted by Gasteiger charge is 2.25. The van der Waals surface area contributed by atoms with Gasteiger partial charge in [0, 0.05) is 11.7 Å². The number of hydrogen-bond donors (Lipinski definition) is 1. The Morgan fingerprint density at radius 3 is 2.85 bits per heavy atom. The second-order valence-electron chi connectivity index (χ2n) is 5.07. The molecule has 4 heteroatoms. The number of aromatic carboxylic acids is 1. The van der Waals surface area contributed by atoms with E-state index in [0.717, 1.165) is 18.5 Å². The van der Waals surface area contributed by atoms with Crippen LogP contribution in [-0.4, -0.2) is 22.1 Å². The quantitative estimate of drug-likeness (QED) is 0.908. The van der Waals surface area contributed by atoms with Crippen LogP contribution in [-0.2, 0) is 6.42 Å². The molecule has 0 saturated heterocycles. The summed E-state index contributed by atoms with van der Waals surface area (Å²) < 4.78 is 0. The van der Waals surface area contributed by atoms with E-state index in [1.165, 1.54) is 11.6 Å². The van der Waals surface area contributed by atoms with Crippen molar-refractivity contribution in [2.24, 2.45) is 0 Å². The second kappa shape index (κ2) is 4.96. The van der Waals surface area contributed by atoms with Crippen LogP contribution in [0.15, 0.2) is 42.5 Å². The van der Waals surface area contributed by atoms with Crippen molar-refractivity contribution >= 4 is 17.5 Å². The molecule has 2 heterocycles. The first-order valence-corrected chi connectivity index (χ1v) is 6.74. The van der Waals surface area contributed by atoms with Crippen molar-refractivity contribution in [3.05, 3.63) is 53.7 Å². The fraction of sp³-hybridized carbons (Fsp3) is 0.250. The Labute approximate surface area is 117 Å². The number of aromatic nitrogens is 1. The summed E-state index contributed by atoms with van der Waals surface area (Å²) in [6.07, 6.45) is 2.09. The molecule has 1 aromatic carbocycles. The van der Waals surface area contributed by atoms with Crippen molar-refractivity contribution in [1.82, 2.24) is 4.98 Å². The van der Waals surface area contributed by atoms with Gasteiger partial charge in [0.25, 0.3) is 0 Å². The number of benzene rings is 1. The van der Waals surface area contributed by atoms with E-state index in [1.54, 1.807) is 6.07 Å². The lowest BCUT2D eigenvalue weighted by Crippen LogP contribution is -2.34. The van der Waals surface area contributed by atoms with Crippen molar-refractivity contribution < 1.29 is 9.90 Å². The number of aryl methyl sites for hydroxylation is 1. The monoisotopic (exact) mass is 268 g/mol. The number of anilines is 2. The van der Waals surface area contributed by atoms with Crippen LogP contribution in [0.5, 0.6) is 0 Å². The number of para-hydroxylation sites is 1. The number of hydrogen-bond acceptors (Lipinski definition) is 3. The minimum absolute atomic E-state index is 0.0813. The van der Waals surface area contributed by atoms with Crippen LogP contribution < -0.4 is 4.90 Å². The summed E-state index contributed by atoms with van der Waals surface area (Å²) in [5, 5.41) is 9.09. The van der Waals surface area contributed by atoms with Crippen LogP contribution in [0.2, 0.25) is 0 Å². The molecule has 1 unspecified atom stereocenters. The highest BCUT2D eigenvalue weighted by molar-refractivity contribution is 5.86. The maximum Gasteiger partial charge on any atom is 0.354 e. The van der Waals surface area contributed by atoms with Gasteiger partial charge in [0.15, 0.2) is 5.69 Å². The number of pyridine rings is 1. The first-order chi connectivity index (χ1) is 9.66. The average Bonchev–Trinajstić information content (AvgIpc) is 2.47. The fourth-order valence-electron chi connectivity index (χ4n) is 2.71. The Morgan fingerprint density at radius 2 is 2.05 bits per heavy atom. The zero-order valence-electron chi connectivity index (χ0n) is 11.3. The van der Waals surface area contributed by atoms with Gasteiger partial charge < -0.3 is 10.0 Å². The van der Waals surface area contributed by atoms with Gasteiger partial charge in [-0.3, -0.25) is 0 Å². The Balaban J connectivity index is 2.09. The molecule has 0 spiro atoms. The maximum absolute atomic E-state index is 11.1. The predicted octanol–water partition coefficient (Wildman–Crippen LogP) is 3.25. The third-order valence-electron chi connectivity index (χ3n) is 3.72. The lowest BCUT2D eigenvalue weighted by Gasteiger charge is -2.36. The van der Waals surface area contributed by atoms with E-state index >= 15 is 0 Å². The van der Waals surface area contributed by atoms with Crippen LogP contribution in [0.1, 0.15) is 29.4 Å². The Kier molecular flexibility index (Phi) is 3.14. The number of fused-ring (bicyclic) bond motifs is 1. The van der Waals surface area contributed by atoms with E-state index in [0.29, 0.717) is 11.9 Å². The molecule has 1 aliphatic heterocycles. The standard InChI is InChI=1S/C16H16N2O2/c1-11-9-10-12-5-2-3-7-14(12)18(11)15-8-4-6-13(17-15)16(19)20/h2-8,11H,9-10H2,1H3,(H,19,20). The van der Waals surface area contributed by atoms with Gasteiger partial charge in [0.1, 0.15) is 5.82 Å². The molecule has 2 aromatic rings. The van der Waals surface area contributed by atoms with Gasteiger partial charge in [-0.2, -0.15) is 0 Å². The lowest BCUT2D eigenvalue weighted by molar-refractivity contribution is 0.0690. The summed E-state index contributed by atoms with van der Waals surface area (Å²) in [5.74, 6) is -0.297. The second-order valence-corrected chi connectivity index (χ2v) is 5.07. The average molecular weight is 268 g/mol. The Morgan fingerprint density at radius 1 is 1.25 bits per heavy atom. The van der Waals surface area contributed by atoms with Crippen LogP contribution in [0.25, 0.3) is 0 Å². The summed E-state index contributed by atoms with van der Waals surface area (Å²) in [7, 11) is 0. The number of carboxylic acids is 1. The van der Waals surface area contributed by atoms with Crippen molar-refractivity contribution in [2.45, 2.75) is 25.8 Å². The highest BCUT2D eigenvalue weighted by Crippen LogP contribution is 2.35. The molecule has 0 radical (unpaired) electrons. The zero-order chi connectivity index (χ0) is 14.1. The molecular weight excluding hydrogens is 252 g/mol. The summed E-state index contributed by atoms with van der Waals surface area (Å²) in [6, 6.07) is 13.7. The third-order valence-corrected chi connectivity index (χ3v) is 3.72. The molecule has 4 nitrogen and oxygen atoms in total. The molecular formula is C16H16N2O2. The molecule has 0 bridgehead atoms. The van der Waals surface area contributed by atoms with Crippen LogP contribution >= 0.6 is 0 Å². The molecule has 1 aliphatic rings. The first-order valence-electron chi connectivity index (χ1n) is 6.74. The van der Waals surface area contributed by atoms with Gasteiger partial charge in [-0.15, -0.1) is 0 Å². The highest BCUT2D eigenvalue weighted by atomic mass is 16.4. The van der Waals surface area contributed by atoms with Crippen molar-refractivity contribution in [1.29, 1.82) is 0 Å². The zero-order valence-corrected chi connectivity index (χ0v) is 11.3. The van der Waals surface area contributed by atoms with Crippen LogP contribution in [0.3, 0.4) is 0 Å². The van der Waals surface area contributed by atoms with Crippen molar-refractivity contribution in [3.63, 3.8) is 0 Å².